The van der Waals surface area contributed by atoms with E-state index in [0.29, 0.717) is 0 Å². The fourth-order valence-electron chi connectivity index (χ4n) is 3.85. The zero-order valence-corrected chi connectivity index (χ0v) is 20.5. The molecular formula is C23H15N6O10S+. The van der Waals surface area contributed by atoms with Gasteiger partial charge in [-0.3, -0.25) is 9.59 Å². The number of nitrogens with one attached hydrogen (secondary N) is 1. The molecule has 4 aromatic rings. The maximum atomic E-state index is 13.3. The number of hydrogen-bond donors (Lipinski definition) is 6. The maximum Gasteiger partial charge on any atom is 0.340 e. The van der Waals surface area contributed by atoms with E-state index >= 15 is 0 Å². The Labute approximate surface area is 221 Å². The van der Waals surface area contributed by atoms with Crippen LogP contribution in [0.1, 0.15) is 11.1 Å². The summed E-state index contributed by atoms with van der Waals surface area (Å²) in [5, 5.41) is 68.2. The molecule has 0 amide bonds. The van der Waals surface area contributed by atoms with Crippen LogP contribution in [0.15, 0.2) is 72.4 Å². The number of aromatic hydroxyl groups is 5. The Balaban J connectivity index is 1.86. The Morgan fingerprint density at radius 2 is 1.50 bits per heavy atom. The Morgan fingerprint density at radius 1 is 0.850 bits per heavy atom. The van der Waals surface area contributed by atoms with Crippen molar-refractivity contribution in [1.82, 2.24) is 0 Å². The molecule has 0 fully saturated rings. The van der Waals surface area contributed by atoms with Gasteiger partial charge in [0.25, 0.3) is 10.8 Å². The van der Waals surface area contributed by atoms with Gasteiger partial charge < -0.3 is 29.7 Å². The Bertz CT molecular complexity index is 2110. The maximum absolute atomic E-state index is 13.3. The van der Waals surface area contributed by atoms with Crippen molar-refractivity contribution in [1.29, 1.82) is 10.9 Å². The molecule has 40 heavy (non-hydrogen) atoms. The summed E-state index contributed by atoms with van der Waals surface area (Å²) in [6.45, 7) is 0. The second-order valence-electron chi connectivity index (χ2n) is 8.00. The number of benzene rings is 4. The molecule has 0 aliphatic rings. The number of nitrogens with zero attached hydrogens (tertiary/aromatic N) is 5. The first-order chi connectivity index (χ1) is 18.9. The Hall–Kier alpha value is -5.89. The van der Waals surface area contributed by atoms with Crippen LogP contribution in [0.25, 0.3) is 15.9 Å². The largest absolute Gasteiger partial charge is 0.504 e. The molecule has 0 aliphatic heterocycles. The van der Waals surface area contributed by atoms with E-state index in [0.717, 1.165) is 36.4 Å². The summed E-state index contributed by atoms with van der Waals surface area (Å²) in [5.41, 5.74) is 4.36. The van der Waals surface area contributed by atoms with E-state index < -0.39 is 81.9 Å². The summed E-state index contributed by atoms with van der Waals surface area (Å²) < 4.78 is 31.6. The number of diazo groups is 1. The SMILES string of the molecule is N#[N+]N=c1c(=NN=N)c(=O)c(=O)c2cccc(S(=O)(=O)Oc3ccc(Cc4ccc(O)c(O)c4O)c(O)c3O)c12. The zero-order valence-electron chi connectivity index (χ0n) is 19.7. The van der Waals surface area contributed by atoms with Gasteiger partial charge in [0, 0.05) is 28.3 Å². The summed E-state index contributed by atoms with van der Waals surface area (Å²) in [5.74, 6) is -4.73. The molecule has 202 valence electrons. The second kappa shape index (κ2) is 10.1. The Morgan fingerprint density at radius 3 is 2.15 bits per heavy atom. The molecule has 0 atom stereocenters. The number of fused-ring (bicyclic) bond motifs is 1. The van der Waals surface area contributed by atoms with Crippen LogP contribution in [0.5, 0.6) is 34.5 Å². The minimum atomic E-state index is -4.99. The first-order valence-electron chi connectivity index (χ1n) is 10.7. The third kappa shape index (κ3) is 4.50. The fraction of sp³-hybridized carbons (Fsp3) is 0.0435. The zero-order chi connectivity index (χ0) is 29.4. The van der Waals surface area contributed by atoms with Crippen LogP contribution in [0.4, 0.5) is 0 Å². The van der Waals surface area contributed by atoms with Gasteiger partial charge in [-0.15, -0.1) is 5.10 Å². The van der Waals surface area contributed by atoms with Gasteiger partial charge in [0.1, 0.15) is 4.90 Å². The van der Waals surface area contributed by atoms with Crippen molar-refractivity contribution in [3.05, 3.63) is 89.8 Å². The van der Waals surface area contributed by atoms with Gasteiger partial charge in [-0.1, -0.05) is 29.5 Å². The predicted molar refractivity (Wildman–Crippen MR) is 132 cm³/mol. The molecule has 0 radical (unpaired) electrons. The van der Waals surface area contributed by atoms with Gasteiger partial charge in [-0.25, -0.2) is 0 Å². The lowest BCUT2D eigenvalue weighted by Crippen LogP contribution is -2.48. The summed E-state index contributed by atoms with van der Waals surface area (Å²) in [6.07, 6.45) is -0.276. The predicted octanol–water partition coefficient (Wildman–Crippen LogP) is 0.838. The minimum absolute atomic E-state index is 0.0391. The monoisotopic (exact) mass is 567 g/mol. The average molecular weight is 567 g/mol. The number of hydrogen-bond acceptors (Lipinski definition) is 14. The second-order valence-corrected chi connectivity index (χ2v) is 9.51. The van der Waals surface area contributed by atoms with E-state index in [4.69, 9.17) is 15.1 Å². The molecule has 0 saturated heterocycles. The Kier molecular flexibility index (Phi) is 6.86. The van der Waals surface area contributed by atoms with Gasteiger partial charge in [0.05, 0.1) is 0 Å². The van der Waals surface area contributed by atoms with Crippen LogP contribution in [0.2, 0.25) is 0 Å². The molecule has 0 aromatic heterocycles. The molecule has 4 aromatic carbocycles. The molecule has 6 N–H and O–H groups in total. The third-order valence-corrected chi connectivity index (χ3v) is 6.99. The molecule has 0 spiro atoms. The van der Waals surface area contributed by atoms with Crippen LogP contribution < -0.4 is 25.8 Å². The first kappa shape index (κ1) is 27.2. The van der Waals surface area contributed by atoms with Crippen molar-refractivity contribution in [2.45, 2.75) is 11.3 Å². The van der Waals surface area contributed by atoms with Crippen molar-refractivity contribution in [3.63, 3.8) is 0 Å². The van der Waals surface area contributed by atoms with Gasteiger partial charge in [-0.2, -0.15) is 13.9 Å². The molecule has 4 rings (SSSR count). The average Bonchev–Trinajstić information content (AvgIpc) is 2.93. The van der Waals surface area contributed by atoms with E-state index in [1.54, 1.807) is 0 Å². The molecule has 0 unspecified atom stereocenters. The normalized spacial score (nSPS) is 12.4. The fourth-order valence-corrected chi connectivity index (χ4v) is 5.01. The summed E-state index contributed by atoms with van der Waals surface area (Å²) in [7, 11) is -4.99. The highest BCUT2D eigenvalue weighted by atomic mass is 32.2. The number of phenols is 5. The van der Waals surface area contributed by atoms with E-state index in [-0.39, 0.29) is 17.5 Å². The summed E-state index contributed by atoms with van der Waals surface area (Å²) in [4.78, 5) is 24.2. The van der Waals surface area contributed by atoms with E-state index in [1.165, 1.54) is 6.07 Å². The molecule has 16 nitrogen and oxygen atoms in total. The highest BCUT2D eigenvalue weighted by Crippen LogP contribution is 2.43. The van der Waals surface area contributed by atoms with Gasteiger partial charge >= 0.3 is 15.2 Å². The number of rotatable bonds is 6. The van der Waals surface area contributed by atoms with Crippen molar-refractivity contribution in [2.24, 2.45) is 15.4 Å². The van der Waals surface area contributed by atoms with Gasteiger partial charge in [0.15, 0.2) is 38.8 Å². The first-order valence-corrected chi connectivity index (χ1v) is 12.1. The summed E-state index contributed by atoms with van der Waals surface area (Å²) >= 11 is 0. The third-order valence-electron chi connectivity index (χ3n) is 5.71. The van der Waals surface area contributed by atoms with Crippen LogP contribution >= 0.6 is 0 Å². The summed E-state index contributed by atoms with van der Waals surface area (Å²) in [6, 6.07) is 7.57. The van der Waals surface area contributed by atoms with Gasteiger partial charge in [0.2, 0.25) is 16.9 Å². The minimum Gasteiger partial charge on any atom is -0.504 e. The standard InChI is InChI=1S/C23H14N6O10S/c24-28-26-16-15-11(20(33)23(36)17(16)27-29-25)2-1-3-14(15)40(37,38)39-13-7-5-10(19(32)22(13)35)8-9-4-6-12(30)21(34)18(9)31/h1-7H,8H2,(H5,24,25,26,27,28,29,30,31,32,33,34,35,36)/p+1. The van der Waals surface area contributed by atoms with Crippen molar-refractivity contribution in [2.75, 3.05) is 0 Å². The highest BCUT2D eigenvalue weighted by Gasteiger charge is 2.27. The molecule has 0 saturated carbocycles. The van der Waals surface area contributed by atoms with E-state index in [2.05, 4.69) is 20.5 Å². The molecule has 17 heteroatoms. The van der Waals surface area contributed by atoms with Crippen LogP contribution in [0.3, 0.4) is 0 Å². The molecule has 0 aliphatic carbocycles. The molecule has 0 bridgehead atoms. The quantitative estimate of drug-likeness (QED) is 0.0474. The van der Waals surface area contributed by atoms with Gasteiger partial charge in [-0.05, 0) is 18.2 Å². The van der Waals surface area contributed by atoms with Crippen molar-refractivity contribution < 1.29 is 38.1 Å². The topological polar surface area (TPSA) is 268 Å². The van der Waals surface area contributed by atoms with Crippen LogP contribution in [0, 0.1) is 10.9 Å². The van der Waals surface area contributed by atoms with E-state index in [9.17, 15) is 43.5 Å². The molecule has 0 heterocycles. The smallest absolute Gasteiger partial charge is 0.340 e. The van der Waals surface area contributed by atoms with Crippen molar-refractivity contribution >= 4 is 20.9 Å². The lowest BCUT2D eigenvalue weighted by Gasteiger charge is -2.13. The van der Waals surface area contributed by atoms with Crippen molar-refractivity contribution in [3.8, 4) is 34.5 Å². The lowest BCUT2D eigenvalue weighted by molar-refractivity contribution is 0.365. The number of phenolic OH excluding ortho intramolecular Hbond substituents is 5. The highest BCUT2D eigenvalue weighted by molar-refractivity contribution is 7.87. The molecular weight excluding hydrogens is 552 g/mol. The van der Waals surface area contributed by atoms with Crippen LogP contribution in [-0.2, 0) is 16.5 Å². The van der Waals surface area contributed by atoms with E-state index in [1.807, 2.05) is 0 Å². The lowest BCUT2D eigenvalue weighted by atomic mass is 10.0. The van der Waals surface area contributed by atoms with Crippen LogP contribution in [-0.4, -0.2) is 34.0 Å².